The number of hydrogen-bond donors (Lipinski definition) is 1. The summed E-state index contributed by atoms with van der Waals surface area (Å²) in [5.41, 5.74) is 3.85. The Balaban J connectivity index is 2.06. The van der Waals surface area contributed by atoms with Crippen LogP contribution in [0.5, 0.6) is 0 Å². The van der Waals surface area contributed by atoms with Gasteiger partial charge in [0.25, 0.3) is 0 Å². The summed E-state index contributed by atoms with van der Waals surface area (Å²) >= 11 is 0. The summed E-state index contributed by atoms with van der Waals surface area (Å²) in [4.78, 5) is 0. The largest absolute Gasteiger partial charge is 0.413 e. The molecule has 61 heavy (non-hydrogen) atoms. The second-order valence-corrected chi connectivity index (χ2v) is 35.3. The highest BCUT2D eigenvalue weighted by atomic mass is 32.0. The van der Waals surface area contributed by atoms with Gasteiger partial charge in [0, 0.05) is 24.4 Å². The summed E-state index contributed by atoms with van der Waals surface area (Å²) in [5.74, 6) is 0.544. The van der Waals surface area contributed by atoms with Gasteiger partial charge >= 0.3 is 0 Å². The highest BCUT2D eigenvalue weighted by Gasteiger charge is 2.45. The Kier molecular flexibility index (Phi) is 20.4. The standard InChI is InChI=1S/C52H86O5P2Si2/c1-38(34-40(3)49(57-61(16,17)51(10,11)12)43(6)48(41(4)35-53)54-37-59(13)58)33-39(2)47(56-60(14,15)50(7,8)9)42(5)36-55-52(44-27-21-18-22-28-44,45-29-23-19-24-30-45)46-31-25-20-26-32-46/h18-33,39-43,47-49,53H,34-37,58H2,1-17H3/b38-33-/t39-,40-,41-,42-,43+,47+,48-,49+,59?/m0/s1. The molecule has 0 saturated carbocycles. The minimum absolute atomic E-state index is 0.00527. The van der Waals surface area contributed by atoms with Gasteiger partial charge in [-0.2, -0.15) is 0 Å². The molecule has 2 unspecified atom stereocenters. The maximum Gasteiger partial charge on any atom is 0.192 e. The predicted molar refractivity (Wildman–Crippen MR) is 273 cm³/mol. The van der Waals surface area contributed by atoms with E-state index in [9.17, 15) is 5.11 Å². The van der Waals surface area contributed by atoms with Crippen molar-refractivity contribution in [3.8, 4) is 0 Å². The van der Waals surface area contributed by atoms with Gasteiger partial charge in [0.15, 0.2) is 16.6 Å². The number of allylic oxidation sites excluding steroid dienone is 1. The van der Waals surface area contributed by atoms with Gasteiger partial charge in [0.2, 0.25) is 0 Å². The zero-order valence-electron chi connectivity index (χ0n) is 41.3. The molecule has 5 nitrogen and oxygen atoms in total. The number of aliphatic hydroxyl groups excluding tert-OH is 1. The van der Waals surface area contributed by atoms with Crippen LogP contribution in [0.1, 0.15) is 106 Å². The van der Waals surface area contributed by atoms with Gasteiger partial charge in [-0.25, -0.2) is 0 Å². The fourth-order valence-electron chi connectivity index (χ4n) is 8.20. The van der Waals surface area contributed by atoms with Crippen LogP contribution in [0.25, 0.3) is 0 Å². The number of rotatable bonds is 23. The first-order chi connectivity index (χ1) is 28.3. The third kappa shape index (κ3) is 14.5. The first-order valence-electron chi connectivity index (χ1n) is 22.8. The van der Waals surface area contributed by atoms with Gasteiger partial charge < -0.3 is 23.4 Å². The van der Waals surface area contributed by atoms with Crippen LogP contribution in [0, 0.1) is 29.6 Å². The van der Waals surface area contributed by atoms with Crippen LogP contribution in [0.4, 0.5) is 0 Å². The lowest BCUT2D eigenvalue weighted by Crippen LogP contribution is -2.50. The number of benzene rings is 3. The van der Waals surface area contributed by atoms with Gasteiger partial charge in [-0.3, -0.25) is 0 Å². The molecule has 0 aliphatic rings. The molecule has 342 valence electrons. The van der Waals surface area contributed by atoms with Gasteiger partial charge in [0.05, 0.1) is 31.3 Å². The lowest BCUT2D eigenvalue weighted by Gasteiger charge is -2.45. The van der Waals surface area contributed by atoms with Crippen molar-refractivity contribution in [1.82, 2.24) is 0 Å². The average molecular weight is 909 g/mol. The van der Waals surface area contributed by atoms with Crippen molar-refractivity contribution in [2.45, 2.75) is 150 Å². The van der Waals surface area contributed by atoms with E-state index in [1.54, 1.807) is 0 Å². The molecule has 9 heteroatoms. The summed E-state index contributed by atoms with van der Waals surface area (Å²) < 4.78 is 28.9. The fourth-order valence-corrected chi connectivity index (χ4v) is 11.8. The maximum absolute atomic E-state index is 10.4. The average Bonchev–Trinajstić information content (AvgIpc) is 3.19. The van der Waals surface area contributed by atoms with E-state index in [1.807, 2.05) is 0 Å². The Bertz CT molecular complexity index is 1640. The Hall–Kier alpha value is -1.51. The first-order valence-corrected chi connectivity index (χ1v) is 32.2. The number of aliphatic hydroxyl groups is 1. The van der Waals surface area contributed by atoms with Crippen molar-refractivity contribution in [3.63, 3.8) is 0 Å². The van der Waals surface area contributed by atoms with E-state index in [1.165, 1.54) is 5.57 Å². The molecule has 3 aromatic carbocycles. The molecule has 0 saturated heterocycles. The molecular weight excluding hydrogens is 823 g/mol. The van der Waals surface area contributed by atoms with E-state index in [0.717, 1.165) is 23.1 Å². The molecule has 10 atom stereocenters. The molecule has 1 N–H and O–H groups in total. The van der Waals surface area contributed by atoms with Crippen molar-refractivity contribution < 1.29 is 23.4 Å². The minimum Gasteiger partial charge on any atom is -0.413 e. The fraction of sp³-hybridized carbons (Fsp3) is 0.615. The van der Waals surface area contributed by atoms with Crippen LogP contribution < -0.4 is 0 Å². The molecule has 0 radical (unpaired) electrons. The third-order valence-electron chi connectivity index (χ3n) is 13.8. The molecular formula is C52H86O5P2Si2. The molecule has 0 aliphatic heterocycles. The lowest BCUT2D eigenvalue weighted by molar-refractivity contribution is -0.0605. The van der Waals surface area contributed by atoms with E-state index >= 15 is 0 Å². The molecule has 0 spiro atoms. The molecule has 0 bridgehead atoms. The SMILES string of the molecule is C/C(=C/[C@H](C)[C@@H](O[Si](C)(C)C(C)(C)C)[C@@H](C)COC(c1ccccc1)(c1ccccc1)c1ccccc1)C[C@H](C)[C@@H](O[Si](C)(C)C(C)(C)C)[C@H](C)[C@@H](OCP(C)P)[C@@H](C)CO. The summed E-state index contributed by atoms with van der Waals surface area (Å²) in [6.45, 7) is 39.9. The van der Waals surface area contributed by atoms with E-state index in [2.05, 4.69) is 222 Å². The molecule has 0 aromatic heterocycles. The zero-order chi connectivity index (χ0) is 46.0. The van der Waals surface area contributed by atoms with Crippen molar-refractivity contribution >= 4 is 33.2 Å². The summed E-state index contributed by atoms with van der Waals surface area (Å²) in [6, 6.07) is 32.0. The van der Waals surface area contributed by atoms with Gasteiger partial charge in [-0.1, -0.05) is 186 Å². The van der Waals surface area contributed by atoms with Crippen molar-refractivity contribution in [2.75, 3.05) is 26.2 Å². The predicted octanol–water partition coefficient (Wildman–Crippen LogP) is 14.5. The Labute approximate surface area is 379 Å². The maximum atomic E-state index is 10.4. The molecule has 0 fully saturated rings. The minimum atomic E-state index is -2.20. The lowest BCUT2D eigenvalue weighted by atomic mass is 9.80. The smallest absolute Gasteiger partial charge is 0.192 e. The van der Waals surface area contributed by atoms with Gasteiger partial charge in [0.1, 0.15) is 5.60 Å². The van der Waals surface area contributed by atoms with E-state index in [4.69, 9.17) is 18.3 Å². The van der Waals surface area contributed by atoms with Crippen LogP contribution >= 0.6 is 16.5 Å². The topological polar surface area (TPSA) is 57.2 Å². The normalized spacial score (nSPS) is 18.1. The van der Waals surface area contributed by atoms with Crippen LogP contribution in [-0.2, 0) is 23.9 Å². The molecule has 3 aromatic rings. The van der Waals surface area contributed by atoms with Crippen molar-refractivity contribution in [2.24, 2.45) is 29.6 Å². The first kappa shape index (κ1) is 53.8. The Morgan fingerprint density at radius 2 is 1.07 bits per heavy atom. The summed E-state index contributed by atoms with van der Waals surface area (Å²) in [5, 5.41) is 10.5. The third-order valence-corrected chi connectivity index (χ3v) is 23.7. The van der Waals surface area contributed by atoms with Crippen LogP contribution in [0.15, 0.2) is 103 Å². The highest BCUT2D eigenvalue weighted by molar-refractivity contribution is 8.13. The van der Waals surface area contributed by atoms with Crippen molar-refractivity contribution in [3.05, 3.63) is 119 Å². The van der Waals surface area contributed by atoms with Crippen LogP contribution in [0.3, 0.4) is 0 Å². The summed E-state index contributed by atoms with van der Waals surface area (Å²) in [6.07, 6.45) is 3.87. The molecule has 3 rings (SSSR count). The second kappa shape index (κ2) is 23.1. The van der Waals surface area contributed by atoms with E-state index in [0.29, 0.717) is 13.0 Å². The monoisotopic (exact) mass is 909 g/mol. The molecule has 0 amide bonds. The van der Waals surface area contributed by atoms with Gasteiger partial charge in [-0.15, -0.1) is 8.93 Å². The molecule has 0 aliphatic carbocycles. The zero-order valence-corrected chi connectivity index (χ0v) is 45.3. The van der Waals surface area contributed by atoms with E-state index < -0.39 is 22.2 Å². The Morgan fingerprint density at radius 3 is 1.44 bits per heavy atom. The Morgan fingerprint density at radius 1 is 0.656 bits per heavy atom. The summed E-state index contributed by atoms with van der Waals surface area (Å²) in [7, 11) is -1.75. The highest BCUT2D eigenvalue weighted by Crippen LogP contribution is 2.45. The molecule has 0 heterocycles. The van der Waals surface area contributed by atoms with E-state index in [-0.39, 0.29) is 72.2 Å². The van der Waals surface area contributed by atoms with Crippen molar-refractivity contribution in [1.29, 1.82) is 0 Å². The van der Waals surface area contributed by atoms with Gasteiger partial charge in [-0.05, 0) is 84.8 Å². The number of ether oxygens (including phenoxy) is 2. The van der Waals surface area contributed by atoms with Crippen LogP contribution in [-0.4, -0.2) is 66.3 Å². The van der Waals surface area contributed by atoms with Crippen LogP contribution in [0.2, 0.25) is 36.3 Å². The number of hydrogen-bond acceptors (Lipinski definition) is 5. The quantitative estimate of drug-likeness (QED) is 0.0445. The second-order valence-electron chi connectivity index (χ2n) is 21.3.